The molecule has 0 spiro atoms. The Bertz CT molecular complexity index is 769. The lowest BCUT2D eigenvalue weighted by atomic mass is 10.1. The van der Waals surface area contributed by atoms with Crippen LogP contribution >= 0.6 is 0 Å². The van der Waals surface area contributed by atoms with Crippen molar-refractivity contribution in [2.45, 2.75) is 6.85 Å². The summed E-state index contributed by atoms with van der Waals surface area (Å²) >= 11 is 0. The molecule has 0 fully saturated rings. The van der Waals surface area contributed by atoms with E-state index < -0.39 is 6.85 Å². The van der Waals surface area contributed by atoms with E-state index in [2.05, 4.69) is 15.0 Å². The normalized spacial score (nSPS) is 13.4. The minimum Gasteiger partial charge on any atom is -0.256 e. The van der Waals surface area contributed by atoms with Crippen molar-refractivity contribution < 1.29 is 4.11 Å². The molecule has 3 aromatic rings. The van der Waals surface area contributed by atoms with Crippen LogP contribution in [0.3, 0.4) is 0 Å². The Morgan fingerprint density at radius 2 is 1.74 bits per heavy atom. The standard InChI is InChI=1S/C16H13N3/c1-12-17-10-9-16(19-12)14-7-8-15(18-11-14)13-5-3-2-4-6-13/h2-11H,1H3/i1D3. The van der Waals surface area contributed by atoms with Crippen LogP contribution in [0.25, 0.3) is 22.5 Å². The average molecular weight is 250 g/mol. The van der Waals surface area contributed by atoms with Crippen molar-refractivity contribution in [3.8, 4) is 22.5 Å². The molecule has 0 radical (unpaired) electrons. The number of rotatable bonds is 2. The van der Waals surface area contributed by atoms with Crippen molar-refractivity contribution in [3.05, 3.63) is 66.7 Å². The van der Waals surface area contributed by atoms with Crippen molar-refractivity contribution >= 4 is 0 Å². The van der Waals surface area contributed by atoms with Gasteiger partial charge in [-0.3, -0.25) is 4.98 Å². The van der Waals surface area contributed by atoms with E-state index in [1.165, 1.54) is 6.20 Å². The monoisotopic (exact) mass is 250 g/mol. The lowest BCUT2D eigenvalue weighted by Crippen LogP contribution is -1.91. The molecule has 19 heavy (non-hydrogen) atoms. The third-order valence-corrected chi connectivity index (χ3v) is 2.78. The predicted molar refractivity (Wildman–Crippen MR) is 75.4 cm³/mol. The molecule has 2 aromatic heterocycles. The fourth-order valence-electron chi connectivity index (χ4n) is 1.84. The van der Waals surface area contributed by atoms with Gasteiger partial charge in [-0.1, -0.05) is 30.3 Å². The topological polar surface area (TPSA) is 38.7 Å². The Hall–Kier alpha value is -2.55. The second kappa shape index (κ2) is 4.98. The van der Waals surface area contributed by atoms with E-state index in [0.717, 1.165) is 16.8 Å². The second-order valence-electron chi connectivity index (χ2n) is 4.06. The Morgan fingerprint density at radius 3 is 2.47 bits per heavy atom. The summed E-state index contributed by atoms with van der Waals surface area (Å²) < 4.78 is 22.1. The number of aromatic nitrogens is 3. The van der Waals surface area contributed by atoms with Crippen molar-refractivity contribution in [1.29, 1.82) is 0 Å². The summed E-state index contributed by atoms with van der Waals surface area (Å²) in [6.45, 7) is -2.31. The van der Waals surface area contributed by atoms with E-state index in [1.54, 1.807) is 12.3 Å². The van der Waals surface area contributed by atoms with Gasteiger partial charge >= 0.3 is 0 Å². The van der Waals surface area contributed by atoms with E-state index in [4.69, 9.17) is 4.11 Å². The summed E-state index contributed by atoms with van der Waals surface area (Å²) in [6, 6.07) is 15.3. The highest BCUT2D eigenvalue weighted by atomic mass is 14.9. The predicted octanol–water partition coefficient (Wildman–Crippen LogP) is 3.51. The molecule has 0 atom stereocenters. The summed E-state index contributed by atoms with van der Waals surface area (Å²) in [5.74, 6) is -0.155. The van der Waals surface area contributed by atoms with Crippen LogP contribution in [0, 0.1) is 6.85 Å². The number of nitrogens with zero attached hydrogens (tertiary/aromatic N) is 3. The van der Waals surface area contributed by atoms with Gasteiger partial charge in [-0.25, -0.2) is 9.97 Å². The van der Waals surface area contributed by atoms with Gasteiger partial charge in [0.25, 0.3) is 0 Å². The number of pyridine rings is 1. The first-order valence-electron chi connectivity index (χ1n) is 7.39. The molecular formula is C16H13N3. The minimum absolute atomic E-state index is 0.155. The Balaban J connectivity index is 1.94. The average Bonchev–Trinajstić information content (AvgIpc) is 2.55. The van der Waals surface area contributed by atoms with E-state index in [1.807, 2.05) is 42.5 Å². The van der Waals surface area contributed by atoms with Gasteiger partial charge < -0.3 is 0 Å². The van der Waals surface area contributed by atoms with Gasteiger partial charge in [-0.05, 0) is 25.1 Å². The van der Waals surface area contributed by atoms with Crippen LogP contribution < -0.4 is 0 Å². The van der Waals surface area contributed by atoms with E-state index in [0.29, 0.717) is 5.69 Å². The molecule has 0 aliphatic carbocycles. The van der Waals surface area contributed by atoms with Crippen molar-refractivity contribution in [2.75, 3.05) is 0 Å². The second-order valence-corrected chi connectivity index (χ2v) is 4.06. The molecule has 0 unspecified atom stereocenters. The molecular weight excluding hydrogens is 234 g/mol. The molecule has 3 rings (SSSR count). The molecule has 2 heterocycles. The molecule has 0 amide bonds. The number of aryl methyl sites for hydroxylation is 1. The summed E-state index contributed by atoms with van der Waals surface area (Å²) in [5, 5.41) is 0. The molecule has 0 aliphatic heterocycles. The van der Waals surface area contributed by atoms with Crippen LogP contribution in [-0.2, 0) is 0 Å². The maximum absolute atomic E-state index is 7.37. The fraction of sp³-hybridized carbons (Fsp3) is 0.0625. The van der Waals surface area contributed by atoms with E-state index in [-0.39, 0.29) is 5.82 Å². The lowest BCUT2D eigenvalue weighted by Gasteiger charge is -2.03. The summed E-state index contributed by atoms with van der Waals surface area (Å²) in [5.41, 5.74) is 3.19. The SMILES string of the molecule is [2H]C([2H])([2H])c1nccc(-c2ccc(-c3ccccc3)nc2)n1. The molecule has 0 bridgehead atoms. The Labute approximate surface area is 116 Å². The third-order valence-electron chi connectivity index (χ3n) is 2.78. The molecule has 0 aliphatic rings. The molecule has 3 nitrogen and oxygen atoms in total. The number of hydrogen-bond acceptors (Lipinski definition) is 3. The van der Waals surface area contributed by atoms with Gasteiger partial charge in [0.05, 0.1) is 11.4 Å². The smallest absolute Gasteiger partial charge is 0.125 e. The van der Waals surface area contributed by atoms with Gasteiger partial charge in [0.2, 0.25) is 0 Å². The summed E-state index contributed by atoms with van der Waals surface area (Å²) in [6.07, 6.45) is 3.14. The van der Waals surface area contributed by atoms with Crippen LogP contribution in [0.2, 0.25) is 0 Å². The molecule has 0 N–H and O–H groups in total. The van der Waals surface area contributed by atoms with Crippen molar-refractivity contribution in [1.82, 2.24) is 15.0 Å². The minimum atomic E-state index is -2.31. The van der Waals surface area contributed by atoms with E-state index >= 15 is 0 Å². The first-order chi connectivity index (χ1) is 10.5. The Morgan fingerprint density at radius 1 is 0.842 bits per heavy atom. The fourth-order valence-corrected chi connectivity index (χ4v) is 1.84. The Kier molecular flexibility index (Phi) is 2.24. The zero-order valence-corrected chi connectivity index (χ0v) is 10.1. The van der Waals surface area contributed by atoms with Crippen LogP contribution in [0.4, 0.5) is 0 Å². The molecule has 0 saturated heterocycles. The molecule has 1 aromatic carbocycles. The highest BCUT2D eigenvalue weighted by molar-refractivity contribution is 5.64. The van der Waals surface area contributed by atoms with Gasteiger partial charge in [0.15, 0.2) is 0 Å². The van der Waals surface area contributed by atoms with Crippen LogP contribution in [0.15, 0.2) is 60.9 Å². The van der Waals surface area contributed by atoms with Crippen LogP contribution in [0.1, 0.15) is 9.94 Å². The van der Waals surface area contributed by atoms with E-state index in [9.17, 15) is 0 Å². The van der Waals surface area contributed by atoms with Gasteiger partial charge in [-0.15, -0.1) is 0 Å². The third kappa shape index (κ3) is 2.50. The first kappa shape index (κ1) is 8.53. The zero-order valence-electron chi connectivity index (χ0n) is 13.1. The van der Waals surface area contributed by atoms with Gasteiger partial charge in [-0.2, -0.15) is 0 Å². The van der Waals surface area contributed by atoms with Gasteiger partial charge in [0.1, 0.15) is 5.82 Å². The maximum Gasteiger partial charge on any atom is 0.125 e. The van der Waals surface area contributed by atoms with Crippen molar-refractivity contribution in [2.24, 2.45) is 0 Å². The van der Waals surface area contributed by atoms with Gasteiger partial charge in [0, 0.05) is 27.6 Å². The first-order valence-corrected chi connectivity index (χ1v) is 5.89. The van der Waals surface area contributed by atoms with Crippen molar-refractivity contribution in [3.63, 3.8) is 0 Å². The number of hydrogen-bond donors (Lipinski definition) is 0. The maximum atomic E-state index is 7.37. The van der Waals surface area contributed by atoms with Crippen LogP contribution in [0.5, 0.6) is 0 Å². The largest absolute Gasteiger partial charge is 0.256 e. The summed E-state index contributed by atoms with van der Waals surface area (Å²) in [4.78, 5) is 12.3. The molecule has 92 valence electrons. The van der Waals surface area contributed by atoms with Crippen LogP contribution in [-0.4, -0.2) is 15.0 Å². The molecule has 3 heteroatoms. The highest BCUT2D eigenvalue weighted by Crippen LogP contribution is 2.20. The molecule has 0 saturated carbocycles. The lowest BCUT2D eigenvalue weighted by molar-refractivity contribution is 1.06. The summed E-state index contributed by atoms with van der Waals surface area (Å²) in [7, 11) is 0. The number of benzene rings is 1. The highest BCUT2D eigenvalue weighted by Gasteiger charge is 2.02. The quantitative estimate of drug-likeness (QED) is 0.698. The zero-order chi connectivity index (χ0) is 15.6.